The molecule has 0 aromatic carbocycles. The molecule has 0 fully saturated rings. The molecular formula is C11H16N2S. The van der Waals surface area contributed by atoms with Gasteiger partial charge in [-0.2, -0.15) is 0 Å². The maximum atomic E-state index is 4.31. The maximum Gasteiger partial charge on any atom is 0.109 e. The van der Waals surface area contributed by atoms with E-state index in [1.165, 1.54) is 24.3 Å². The van der Waals surface area contributed by atoms with Crippen LogP contribution in [-0.2, 0) is 0 Å². The van der Waals surface area contributed by atoms with Crippen LogP contribution in [0.15, 0.2) is 23.7 Å². The van der Waals surface area contributed by atoms with E-state index in [9.17, 15) is 0 Å². The van der Waals surface area contributed by atoms with Crippen molar-refractivity contribution in [2.45, 2.75) is 38.3 Å². The minimum atomic E-state index is 0.378. The molecule has 0 saturated carbocycles. The molecule has 0 amide bonds. The minimum Gasteiger partial charge on any atom is -0.302 e. The predicted molar refractivity (Wildman–Crippen MR) is 60.4 cm³/mol. The van der Waals surface area contributed by atoms with Gasteiger partial charge in [-0.1, -0.05) is 12.2 Å². The Kier molecular flexibility index (Phi) is 3.32. The lowest BCUT2D eigenvalue weighted by molar-refractivity contribution is 0.466. The second-order valence-corrected chi connectivity index (χ2v) is 4.65. The maximum absolute atomic E-state index is 4.31. The van der Waals surface area contributed by atoms with E-state index in [1.807, 2.05) is 11.6 Å². The lowest BCUT2D eigenvalue weighted by Gasteiger charge is -2.21. The van der Waals surface area contributed by atoms with Crippen molar-refractivity contribution < 1.29 is 0 Å². The third-order valence-corrected chi connectivity index (χ3v) is 3.50. The fraction of sp³-hybridized carbons (Fsp3) is 0.545. The molecule has 1 aliphatic rings. The molecule has 2 unspecified atom stereocenters. The first-order valence-electron chi connectivity index (χ1n) is 5.18. The summed E-state index contributed by atoms with van der Waals surface area (Å²) >= 11 is 1.72. The van der Waals surface area contributed by atoms with E-state index in [2.05, 4.69) is 29.4 Å². The molecular weight excluding hydrogens is 192 g/mol. The van der Waals surface area contributed by atoms with Crippen LogP contribution in [0.4, 0.5) is 0 Å². The molecule has 0 radical (unpaired) electrons. The summed E-state index contributed by atoms with van der Waals surface area (Å²) in [5.74, 6) is 0. The Morgan fingerprint density at radius 2 is 2.57 bits per heavy atom. The SMILES string of the molecule is CC(NC1C=CCCC1)c1nccs1. The van der Waals surface area contributed by atoms with Crippen molar-refractivity contribution in [1.82, 2.24) is 10.3 Å². The molecule has 1 aromatic heterocycles. The number of hydrogen-bond acceptors (Lipinski definition) is 3. The lowest BCUT2D eigenvalue weighted by atomic mass is 10.0. The van der Waals surface area contributed by atoms with E-state index < -0.39 is 0 Å². The Bertz CT molecular complexity index is 292. The number of hydrogen-bond donors (Lipinski definition) is 1. The van der Waals surface area contributed by atoms with Gasteiger partial charge in [-0.05, 0) is 26.2 Å². The van der Waals surface area contributed by atoms with Crippen LogP contribution in [0.2, 0.25) is 0 Å². The number of aromatic nitrogens is 1. The van der Waals surface area contributed by atoms with Crippen molar-refractivity contribution in [3.05, 3.63) is 28.7 Å². The van der Waals surface area contributed by atoms with Gasteiger partial charge in [0.1, 0.15) is 5.01 Å². The highest BCUT2D eigenvalue weighted by Gasteiger charge is 2.13. The lowest BCUT2D eigenvalue weighted by Crippen LogP contribution is -2.30. The van der Waals surface area contributed by atoms with E-state index in [-0.39, 0.29) is 0 Å². The summed E-state index contributed by atoms with van der Waals surface area (Å²) in [5.41, 5.74) is 0. The van der Waals surface area contributed by atoms with Gasteiger partial charge in [-0.15, -0.1) is 11.3 Å². The highest BCUT2D eigenvalue weighted by Crippen LogP contribution is 2.18. The topological polar surface area (TPSA) is 24.9 Å². The number of rotatable bonds is 3. The summed E-state index contributed by atoms with van der Waals surface area (Å²) in [7, 11) is 0. The van der Waals surface area contributed by atoms with Crippen LogP contribution in [0, 0.1) is 0 Å². The average molecular weight is 208 g/mol. The van der Waals surface area contributed by atoms with E-state index in [0.29, 0.717) is 12.1 Å². The molecule has 14 heavy (non-hydrogen) atoms. The largest absolute Gasteiger partial charge is 0.302 e. The molecule has 1 aromatic rings. The molecule has 1 aliphatic carbocycles. The molecule has 2 atom stereocenters. The van der Waals surface area contributed by atoms with Gasteiger partial charge >= 0.3 is 0 Å². The first-order valence-corrected chi connectivity index (χ1v) is 6.06. The molecule has 0 spiro atoms. The third kappa shape index (κ3) is 2.42. The van der Waals surface area contributed by atoms with Crippen LogP contribution >= 0.6 is 11.3 Å². The third-order valence-electron chi connectivity index (χ3n) is 2.54. The first kappa shape index (κ1) is 9.87. The first-order chi connectivity index (χ1) is 6.86. The van der Waals surface area contributed by atoms with Crippen molar-refractivity contribution in [1.29, 1.82) is 0 Å². The fourth-order valence-electron chi connectivity index (χ4n) is 1.79. The average Bonchev–Trinajstić information content (AvgIpc) is 2.72. The number of nitrogens with zero attached hydrogens (tertiary/aromatic N) is 1. The van der Waals surface area contributed by atoms with E-state index in [0.717, 1.165) is 0 Å². The van der Waals surface area contributed by atoms with Crippen LogP contribution in [0.1, 0.15) is 37.2 Å². The molecule has 0 aliphatic heterocycles. The summed E-state index contributed by atoms with van der Waals surface area (Å²) in [6, 6.07) is 0.922. The van der Waals surface area contributed by atoms with Crippen LogP contribution in [-0.4, -0.2) is 11.0 Å². The van der Waals surface area contributed by atoms with Crippen molar-refractivity contribution in [3.8, 4) is 0 Å². The fourth-order valence-corrected chi connectivity index (χ4v) is 2.45. The summed E-state index contributed by atoms with van der Waals surface area (Å²) in [5, 5.41) is 6.80. The van der Waals surface area contributed by atoms with Crippen molar-refractivity contribution in [2.24, 2.45) is 0 Å². The zero-order chi connectivity index (χ0) is 9.80. The molecule has 1 heterocycles. The molecule has 2 rings (SSSR count). The van der Waals surface area contributed by atoms with Crippen molar-refractivity contribution in [3.63, 3.8) is 0 Å². The van der Waals surface area contributed by atoms with E-state index in [1.54, 1.807) is 11.3 Å². The van der Waals surface area contributed by atoms with Gasteiger partial charge in [0, 0.05) is 17.6 Å². The summed E-state index contributed by atoms with van der Waals surface area (Å²) in [6.07, 6.45) is 10.2. The van der Waals surface area contributed by atoms with Crippen molar-refractivity contribution >= 4 is 11.3 Å². The van der Waals surface area contributed by atoms with Gasteiger partial charge < -0.3 is 5.32 Å². The smallest absolute Gasteiger partial charge is 0.109 e. The standard InChI is InChI=1S/C11H16N2S/c1-9(11-12-7-8-14-11)13-10-5-3-2-4-6-10/h3,5,7-10,13H,2,4,6H2,1H3. The molecule has 2 nitrogen and oxygen atoms in total. The van der Waals surface area contributed by atoms with Crippen molar-refractivity contribution in [2.75, 3.05) is 0 Å². The molecule has 3 heteroatoms. The second-order valence-electron chi connectivity index (χ2n) is 3.72. The number of nitrogens with one attached hydrogen (secondary N) is 1. The van der Waals surface area contributed by atoms with Gasteiger partial charge in [0.15, 0.2) is 0 Å². The van der Waals surface area contributed by atoms with Gasteiger partial charge in [0.2, 0.25) is 0 Å². The van der Waals surface area contributed by atoms with E-state index >= 15 is 0 Å². The molecule has 0 saturated heterocycles. The second kappa shape index (κ2) is 4.71. The highest BCUT2D eigenvalue weighted by molar-refractivity contribution is 7.09. The summed E-state index contributed by atoms with van der Waals surface area (Å²) in [6.45, 7) is 2.18. The summed E-state index contributed by atoms with van der Waals surface area (Å²) in [4.78, 5) is 4.31. The Hall–Kier alpha value is -0.670. The van der Waals surface area contributed by atoms with Gasteiger partial charge in [0.05, 0.1) is 6.04 Å². The zero-order valence-electron chi connectivity index (χ0n) is 8.44. The van der Waals surface area contributed by atoms with Crippen LogP contribution in [0.25, 0.3) is 0 Å². The molecule has 76 valence electrons. The Morgan fingerprint density at radius 3 is 3.21 bits per heavy atom. The quantitative estimate of drug-likeness (QED) is 0.773. The Labute approximate surface area is 89.1 Å². The normalized spacial score (nSPS) is 23.6. The van der Waals surface area contributed by atoms with Crippen LogP contribution in [0.5, 0.6) is 0 Å². The van der Waals surface area contributed by atoms with Gasteiger partial charge in [-0.3, -0.25) is 0 Å². The number of thiazole rings is 1. The molecule has 0 bridgehead atoms. The highest BCUT2D eigenvalue weighted by atomic mass is 32.1. The Morgan fingerprint density at radius 1 is 1.64 bits per heavy atom. The number of allylic oxidation sites excluding steroid dienone is 1. The van der Waals surface area contributed by atoms with Crippen LogP contribution < -0.4 is 5.32 Å². The zero-order valence-corrected chi connectivity index (χ0v) is 9.26. The monoisotopic (exact) mass is 208 g/mol. The predicted octanol–water partition coefficient (Wildman–Crippen LogP) is 2.90. The molecule has 1 N–H and O–H groups in total. The Balaban J connectivity index is 1.91. The van der Waals surface area contributed by atoms with Gasteiger partial charge in [-0.25, -0.2) is 4.98 Å². The minimum absolute atomic E-state index is 0.378. The summed E-state index contributed by atoms with van der Waals surface area (Å²) < 4.78 is 0. The van der Waals surface area contributed by atoms with Crippen LogP contribution in [0.3, 0.4) is 0 Å². The van der Waals surface area contributed by atoms with Gasteiger partial charge in [0.25, 0.3) is 0 Å². The van der Waals surface area contributed by atoms with E-state index in [4.69, 9.17) is 0 Å².